The number of benzene rings is 5. The van der Waals surface area contributed by atoms with E-state index in [9.17, 15) is 35.4 Å². The van der Waals surface area contributed by atoms with E-state index in [1.54, 1.807) is 53.8 Å². The zero-order valence-electron chi connectivity index (χ0n) is 43.4. The van der Waals surface area contributed by atoms with E-state index in [1.165, 1.54) is 5.56 Å². The van der Waals surface area contributed by atoms with Gasteiger partial charge in [0.15, 0.2) is 11.5 Å². The van der Waals surface area contributed by atoms with E-state index in [1.807, 2.05) is 51.9 Å². The number of aryl methyl sites for hydroxylation is 1. The van der Waals surface area contributed by atoms with Crippen LogP contribution >= 0.6 is 43.2 Å². The largest absolute Gasteiger partial charge is 0.508 e. The second kappa shape index (κ2) is 24.6. The van der Waals surface area contributed by atoms with Crippen molar-refractivity contribution in [1.29, 1.82) is 0 Å². The van der Waals surface area contributed by atoms with Gasteiger partial charge in [-0.1, -0.05) is 97.8 Å². The maximum atomic E-state index is 15.0. The molecule has 11 rings (SSSR count). The van der Waals surface area contributed by atoms with Crippen molar-refractivity contribution >= 4 is 71.2 Å². The van der Waals surface area contributed by atoms with Crippen LogP contribution in [0.3, 0.4) is 0 Å². The number of aromatic hydroxyl groups is 2. The van der Waals surface area contributed by atoms with Crippen LogP contribution in [0, 0.1) is 17.8 Å². The van der Waals surface area contributed by atoms with Gasteiger partial charge < -0.3 is 45.4 Å². The molecule has 2 aliphatic carbocycles. The molecule has 406 valence electrons. The summed E-state index contributed by atoms with van der Waals surface area (Å²) in [5.74, 6) is 1.32. The van der Waals surface area contributed by atoms with Gasteiger partial charge in [0, 0.05) is 65.7 Å². The lowest BCUT2D eigenvalue weighted by Gasteiger charge is -2.50. The first-order valence-corrected chi connectivity index (χ1v) is 31.8. The van der Waals surface area contributed by atoms with Gasteiger partial charge in [-0.2, -0.15) is 0 Å². The van der Waals surface area contributed by atoms with Crippen molar-refractivity contribution in [3.63, 3.8) is 0 Å². The molecule has 0 amide bonds. The van der Waals surface area contributed by atoms with Gasteiger partial charge in [0.2, 0.25) is 0 Å². The van der Waals surface area contributed by atoms with Crippen LogP contribution in [0.4, 0.5) is 5.69 Å². The predicted molar refractivity (Wildman–Crippen MR) is 308 cm³/mol. The predicted octanol–water partition coefficient (Wildman–Crippen LogP) is 10.6. The van der Waals surface area contributed by atoms with Gasteiger partial charge in [-0.05, 0) is 169 Å². The van der Waals surface area contributed by atoms with Gasteiger partial charge in [0.25, 0.3) is 0 Å². The van der Waals surface area contributed by atoms with E-state index >= 15 is 4.79 Å². The van der Waals surface area contributed by atoms with Crippen LogP contribution < -0.4 is 15.4 Å². The minimum atomic E-state index is -0.793. The van der Waals surface area contributed by atoms with Gasteiger partial charge in [-0.25, -0.2) is 0 Å². The third kappa shape index (κ3) is 11.4. The van der Waals surface area contributed by atoms with Gasteiger partial charge in [-0.3, -0.25) is 14.9 Å². The highest BCUT2D eigenvalue weighted by atomic mass is 33.1. The molecule has 6 aliphatic rings. The van der Waals surface area contributed by atoms with E-state index in [2.05, 4.69) is 41.0 Å². The van der Waals surface area contributed by atoms with Crippen LogP contribution in [0.15, 0.2) is 78.9 Å². The lowest BCUT2D eigenvalue weighted by Crippen LogP contribution is -2.54. The lowest BCUT2D eigenvalue weighted by atomic mass is 9.67. The fourth-order valence-electron chi connectivity index (χ4n) is 13.2. The Labute approximate surface area is 462 Å². The molecule has 12 nitrogen and oxygen atoms in total. The molecule has 8 N–H and O–H groups in total. The van der Waals surface area contributed by atoms with Crippen LogP contribution in [0.5, 0.6) is 17.2 Å². The van der Waals surface area contributed by atoms with Crippen molar-refractivity contribution in [3.05, 3.63) is 118 Å². The van der Waals surface area contributed by atoms with Gasteiger partial charge in [0.05, 0.1) is 37.2 Å². The van der Waals surface area contributed by atoms with E-state index in [0.29, 0.717) is 74.0 Å². The minimum Gasteiger partial charge on any atom is -0.508 e. The summed E-state index contributed by atoms with van der Waals surface area (Å²) in [6.45, 7) is 1.39. The van der Waals surface area contributed by atoms with E-state index < -0.39 is 23.2 Å². The maximum absolute atomic E-state index is 15.0. The molecule has 5 aromatic rings. The minimum absolute atomic E-state index is 0.0000771. The number of aliphatic hydroxyl groups is 4. The molecule has 0 radical (unpaired) electrons. The first kappa shape index (κ1) is 55.4. The number of Topliss-reactive ketones (excluding diaryl/α,β-unsaturated/α-hetero) is 2. The molecule has 16 heteroatoms. The average molecular weight is 1110 g/mol. The molecule has 1 saturated carbocycles. The van der Waals surface area contributed by atoms with Crippen molar-refractivity contribution < 1.29 is 49.7 Å². The Morgan fingerprint density at radius 2 is 1.76 bits per heavy atom. The number of hydrogen-bond donors (Lipinski definition) is 8. The van der Waals surface area contributed by atoms with Gasteiger partial charge in [-0.15, -0.1) is 0 Å². The molecule has 4 aliphatic heterocycles. The summed E-state index contributed by atoms with van der Waals surface area (Å²) in [4.78, 5) is 27.5. The molecule has 2 saturated heterocycles. The van der Waals surface area contributed by atoms with E-state index in [4.69, 9.17) is 9.47 Å². The third-order valence-electron chi connectivity index (χ3n) is 17.1. The summed E-state index contributed by atoms with van der Waals surface area (Å²) in [5, 5.41) is 77.6. The Hall–Kier alpha value is -3.94. The Bertz CT molecular complexity index is 2890. The van der Waals surface area contributed by atoms with Crippen molar-refractivity contribution in [3.8, 4) is 28.4 Å². The molecule has 0 spiro atoms. The number of anilines is 1. The first-order chi connectivity index (χ1) is 36.9. The quantitative estimate of drug-likeness (QED) is 0.0581. The highest BCUT2D eigenvalue weighted by molar-refractivity contribution is 8.78. The number of fused-ring (bicyclic) bond motifs is 9. The van der Waals surface area contributed by atoms with Crippen LogP contribution in [-0.2, 0) is 45.9 Å². The smallest absolute Gasteiger partial charge is 0.168 e. The van der Waals surface area contributed by atoms with Crippen molar-refractivity contribution in [2.75, 3.05) is 37.9 Å². The number of ketones is 2. The molecule has 76 heavy (non-hydrogen) atoms. The van der Waals surface area contributed by atoms with Crippen LogP contribution in [0.2, 0.25) is 0 Å². The zero-order chi connectivity index (χ0) is 53.1. The highest BCUT2D eigenvalue weighted by Crippen LogP contribution is 2.59. The summed E-state index contributed by atoms with van der Waals surface area (Å²) in [7, 11) is 8.70. The number of phenolic OH excluding ortho intramolecular Hbond substituents is 2. The number of hydrogen-bond acceptors (Lipinski definition) is 16. The summed E-state index contributed by atoms with van der Waals surface area (Å²) >= 11 is 0. The average Bonchev–Trinajstić information content (AvgIpc) is 3.41. The number of carbonyl (C=O) groups excluding carboxylic acids is 2. The Kier molecular flexibility index (Phi) is 17.9. The van der Waals surface area contributed by atoms with Crippen molar-refractivity contribution in [2.24, 2.45) is 17.8 Å². The summed E-state index contributed by atoms with van der Waals surface area (Å²) in [5.41, 5.74) is 8.85. The number of aliphatic hydroxyl groups excluding tert-OH is 4. The molecule has 5 aromatic carbocycles. The third-order valence-corrected chi connectivity index (χ3v) is 23.5. The number of methoxy groups -OCH3 is 1. The molecule has 10 unspecified atom stereocenters. The molecular weight excluding hydrogens is 1040 g/mol. The number of ether oxygens (including phenoxy) is 2. The topological polar surface area (TPSA) is 198 Å². The standard InChI is InChI=1S/C60H72N2O10S4/c1-34(66)29-61-57-40(31-65)24-48-56-45(57)18-13-39(30-64)47(56)25-41-32-73-75-54(23-35-7-4-3-5-8-35)60-21-20-38(26-53(60)70)52(72-59(48)62-50(41)9-6-22-63)28-43(68)16-11-37-14-19-51(69)58(71-2)55(37)44-17-12-36-10-15-42(67)27-46(36)49(44)33-74-76-60/h3-5,7-8,10,12,14-15,17,19,24,27,38-39,41,47,50,52-54,59,61-65,67,69-70H,6,9,11,13,16,18,20-23,25-26,28-33H2,1-2H3. The fourth-order valence-corrected chi connectivity index (χ4v) is 20.7. The maximum Gasteiger partial charge on any atom is 0.168 e. The van der Waals surface area contributed by atoms with Crippen molar-refractivity contribution in [1.82, 2.24) is 5.32 Å². The number of nitrogens with one attached hydrogen (secondary N) is 2. The van der Waals surface area contributed by atoms with Gasteiger partial charge in [0.1, 0.15) is 23.5 Å². The summed E-state index contributed by atoms with van der Waals surface area (Å²) in [6, 6.07) is 25.4. The SMILES string of the molecule is COc1c(O)ccc2c1-c1ccc3ccc(O)cc3c1CSSC13CCC(CC1O)C(CC(=O)CC2)OC1NC(CCCO)C(CSSC3Cc2ccccc2)CC2c3c1cc(CO)c(NCC(C)=O)c3CCC2CO. The molecule has 0 aromatic heterocycles. The first-order valence-electron chi connectivity index (χ1n) is 27.1. The Morgan fingerprint density at radius 3 is 2.53 bits per heavy atom. The molecule has 10 atom stereocenters. The zero-order valence-corrected chi connectivity index (χ0v) is 46.6. The Balaban J connectivity index is 1.16. The summed E-state index contributed by atoms with van der Waals surface area (Å²) < 4.78 is 13.0. The summed E-state index contributed by atoms with van der Waals surface area (Å²) in [6.07, 6.45) is 4.22. The fraction of sp³-hybridized carbons (Fsp3) is 0.500. The van der Waals surface area contributed by atoms with Crippen LogP contribution in [-0.4, -0.2) is 103 Å². The molecule has 5 bridgehead atoms. The highest BCUT2D eigenvalue weighted by Gasteiger charge is 2.52. The van der Waals surface area contributed by atoms with Crippen LogP contribution in [0.25, 0.3) is 21.9 Å². The second-order valence-corrected chi connectivity index (χ2v) is 27.0. The number of phenols is 2. The number of carbonyl (C=O) groups is 2. The van der Waals surface area contributed by atoms with E-state index in [-0.39, 0.29) is 97.2 Å². The van der Waals surface area contributed by atoms with E-state index in [0.717, 1.165) is 68.4 Å². The molecule has 3 fully saturated rings. The van der Waals surface area contributed by atoms with Gasteiger partial charge >= 0.3 is 0 Å². The van der Waals surface area contributed by atoms with Crippen LogP contribution in [0.1, 0.15) is 116 Å². The van der Waals surface area contributed by atoms with Crippen molar-refractivity contribution in [2.45, 2.75) is 137 Å². The Morgan fingerprint density at radius 1 is 0.934 bits per heavy atom. The molecular formula is C60H72N2O10S4. The number of rotatable bonds is 11. The second-order valence-electron chi connectivity index (χ2n) is 21.7. The normalized spacial score (nSPS) is 28.0. The molecule has 4 heterocycles. The lowest BCUT2D eigenvalue weighted by molar-refractivity contribution is -0.130. The monoisotopic (exact) mass is 1110 g/mol.